The van der Waals surface area contributed by atoms with Gasteiger partial charge in [0.15, 0.2) is 0 Å². The summed E-state index contributed by atoms with van der Waals surface area (Å²) in [5, 5.41) is 7.39. The summed E-state index contributed by atoms with van der Waals surface area (Å²) in [6.07, 6.45) is 2.71. The number of nitrogens with one attached hydrogen (secondary N) is 1. The maximum Gasteiger partial charge on any atom is 0.220 e. The minimum absolute atomic E-state index is 0.0555. The van der Waals surface area contributed by atoms with Crippen molar-refractivity contribution >= 4 is 5.91 Å². The molecule has 0 fully saturated rings. The van der Waals surface area contributed by atoms with Gasteiger partial charge in [0, 0.05) is 37.1 Å². The summed E-state index contributed by atoms with van der Waals surface area (Å²) < 4.78 is 0. The molecule has 26 heavy (non-hydrogen) atoms. The number of aryl methyl sites for hydroxylation is 1. The lowest BCUT2D eigenvalue weighted by Crippen LogP contribution is -2.41. The lowest BCUT2D eigenvalue weighted by Gasteiger charge is -2.40. The van der Waals surface area contributed by atoms with Crippen LogP contribution in [0.2, 0.25) is 0 Å². The third kappa shape index (κ3) is 2.92. The summed E-state index contributed by atoms with van der Waals surface area (Å²) in [7, 11) is 0. The van der Waals surface area contributed by atoms with E-state index in [1.54, 1.807) is 6.92 Å². The summed E-state index contributed by atoms with van der Waals surface area (Å²) in [4.78, 5) is 14.5. The summed E-state index contributed by atoms with van der Waals surface area (Å²) in [6.45, 7) is 4.47. The van der Waals surface area contributed by atoms with Crippen molar-refractivity contribution < 1.29 is 4.79 Å². The molecule has 132 valence electrons. The molecule has 4 heteroatoms. The lowest BCUT2D eigenvalue weighted by atomic mass is 9.79. The van der Waals surface area contributed by atoms with Gasteiger partial charge in [-0.05, 0) is 18.1 Å². The Morgan fingerprint density at radius 2 is 1.81 bits per heavy atom. The van der Waals surface area contributed by atoms with Crippen LogP contribution in [0.1, 0.15) is 46.8 Å². The van der Waals surface area contributed by atoms with Crippen LogP contribution >= 0.6 is 0 Å². The quantitative estimate of drug-likeness (QED) is 0.780. The van der Waals surface area contributed by atoms with Crippen molar-refractivity contribution in [2.24, 2.45) is 0 Å². The summed E-state index contributed by atoms with van der Waals surface area (Å²) >= 11 is 0. The lowest BCUT2D eigenvalue weighted by molar-refractivity contribution is -0.132. The molecule has 0 spiro atoms. The Morgan fingerprint density at radius 1 is 1.12 bits per heavy atom. The molecule has 2 heterocycles. The Balaban J connectivity index is 1.90. The highest BCUT2D eigenvalue weighted by Crippen LogP contribution is 2.43. The van der Waals surface area contributed by atoms with Gasteiger partial charge in [-0.15, -0.1) is 0 Å². The molecule has 2 atom stereocenters. The third-order valence-electron chi connectivity index (χ3n) is 5.32. The Hall–Kier alpha value is -2.88. The molecule has 0 radical (unpaired) electrons. The first-order valence-corrected chi connectivity index (χ1v) is 9.06. The number of carbonyl (C=O) groups is 1. The summed E-state index contributed by atoms with van der Waals surface area (Å²) in [6, 6.07) is 19.0. The molecule has 0 aliphatic carbocycles. The van der Waals surface area contributed by atoms with Crippen LogP contribution < -0.4 is 0 Å². The minimum Gasteiger partial charge on any atom is -0.334 e. The predicted octanol–water partition coefficient (Wildman–Crippen LogP) is 4.00. The van der Waals surface area contributed by atoms with E-state index in [4.69, 9.17) is 0 Å². The zero-order valence-corrected chi connectivity index (χ0v) is 15.1. The summed E-state index contributed by atoms with van der Waals surface area (Å²) in [5.74, 6) is 0.173. The normalized spacial score (nSPS) is 17.6. The van der Waals surface area contributed by atoms with Crippen molar-refractivity contribution in [2.75, 3.05) is 6.54 Å². The van der Waals surface area contributed by atoms with E-state index in [0.29, 0.717) is 6.54 Å². The number of fused-ring (bicyclic) bond motifs is 1. The molecule has 0 saturated heterocycles. The molecule has 0 saturated carbocycles. The number of nitrogens with zero attached hydrogens (tertiary/aromatic N) is 2. The Labute approximate surface area is 153 Å². The first-order chi connectivity index (χ1) is 12.6. The predicted molar refractivity (Wildman–Crippen MR) is 102 cm³/mol. The van der Waals surface area contributed by atoms with Gasteiger partial charge in [-0.1, -0.05) is 60.2 Å². The molecule has 1 aromatic heterocycles. The standard InChI is InChI=1S/C22H23N3O/c1-15-8-10-18(11-9-15)21(17-6-4-3-5-7-17)22-19-14-23-24-20(19)12-13-25(22)16(2)26/h3-11,14,21-22H,12-13H2,1-2H3,(H,23,24). The van der Waals surface area contributed by atoms with Gasteiger partial charge >= 0.3 is 0 Å². The van der Waals surface area contributed by atoms with Gasteiger partial charge in [-0.2, -0.15) is 5.10 Å². The molecule has 1 N–H and O–H groups in total. The third-order valence-corrected chi connectivity index (χ3v) is 5.32. The van der Waals surface area contributed by atoms with E-state index in [2.05, 4.69) is 65.7 Å². The van der Waals surface area contributed by atoms with Gasteiger partial charge in [0.05, 0.1) is 12.2 Å². The van der Waals surface area contributed by atoms with Crippen molar-refractivity contribution in [3.63, 3.8) is 0 Å². The first-order valence-electron chi connectivity index (χ1n) is 9.06. The largest absolute Gasteiger partial charge is 0.334 e. The number of hydrogen-bond acceptors (Lipinski definition) is 2. The van der Waals surface area contributed by atoms with Crippen LogP contribution in [-0.2, 0) is 11.2 Å². The van der Waals surface area contributed by atoms with Crippen molar-refractivity contribution in [3.05, 3.63) is 88.7 Å². The zero-order chi connectivity index (χ0) is 18.1. The molecule has 3 aromatic rings. The maximum atomic E-state index is 12.5. The molecular weight excluding hydrogens is 322 g/mol. The topological polar surface area (TPSA) is 49.0 Å². The van der Waals surface area contributed by atoms with Crippen LogP contribution in [0.3, 0.4) is 0 Å². The number of benzene rings is 2. The van der Waals surface area contributed by atoms with Gasteiger partial charge in [0.2, 0.25) is 5.91 Å². The first kappa shape index (κ1) is 16.6. The van der Waals surface area contributed by atoms with E-state index in [0.717, 1.165) is 17.7 Å². The average Bonchev–Trinajstić information content (AvgIpc) is 3.13. The highest BCUT2D eigenvalue weighted by atomic mass is 16.2. The van der Waals surface area contributed by atoms with Crippen molar-refractivity contribution in [1.82, 2.24) is 15.1 Å². The average molecular weight is 345 g/mol. The van der Waals surface area contributed by atoms with E-state index in [1.165, 1.54) is 16.7 Å². The molecule has 2 aromatic carbocycles. The van der Waals surface area contributed by atoms with Crippen molar-refractivity contribution in [3.8, 4) is 0 Å². The van der Waals surface area contributed by atoms with Crippen LogP contribution in [-0.4, -0.2) is 27.5 Å². The second-order valence-electron chi connectivity index (χ2n) is 7.01. The second kappa shape index (κ2) is 6.79. The summed E-state index contributed by atoms with van der Waals surface area (Å²) in [5.41, 5.74) is 5.92. The molecule has 0 bridgehead atoms. The number of aromatic nitrogens is 2. The van der Waals surface area contributed by atoms with Crippen LogP contribution in [0.4, 0.5) is 0 Å². The van der Waals surface area contributed by atoms with E-state index >= 15 is 0 Å². The number of aromatic amines is 1. The molecular formula is C22H23N3O. The van der Waals surface area contributed by atoms with Gasteiger partial charge in [-0.25, -0.2) is 0 Å². The van der Waals surface area contributed by atoms with Gasteiger partial charge in [0.1, 0.15) is 0 Å². The van der Waals surface area contributed by atoms with E-state index in [9.17, 15) is 4.79 Å². The van der Waals surface area contributed by atoms with Crippen LogP contribution in [0.5, 0.6) is 0 Å². The smallest absolute Gasteiger partial charge is 0.220 e. The Bertz CT molecular complexity index is 899. The molecule has 2 unspecified atom stereocenters. The number of H-pyrrole nitrogens is 1. The minimum atomic E-state index is -0.0555. The molecule has 1 aliphatic rings. The maximum absolute atomic E-state index is 12.5. The van der Waals surface area contributed by atoms with Gasteiger partial charge < -0.3 is 4.90 Å². The van der Waals surface area contributed by atoms with E-state index in [1.807, 2.05) is 17.2 Å². The van der Waals surface area contributed by atoms with Crippen molar-refractivity contribution in [1.29, 1.82) is 0 Å². The SMILES string of the molecule is CC(=O)N1CCc2[nH]ncc2C1C(c1ccccc1)c1ccc(C)cc1. The van der Waals surface area contributed by atoms with E-state index in [-0.39, 0.29) is 17.9 Å². The Kier molecular flexibility index (Phi) is 4.33. The monoisotopic (exact) mass is 345 g/mol. The molecule has 4 nitrogen and oxygen atoms in total. The number of amides is 1. The fourth-order valence-corrected chi connectivity index (χ4v) is 4.02. The van der Waals surface area contributed by atoms with Crippen LogP contribution in [0.15, 0.2) is 60.8 Å². The van der Waals surface area contributed by atoms with Crippen LogP contribution in [0, 0.1) is 6.92 Å². The fourth-order valence-electron chi connectivity index (χ4n) is 4.02. The number of carbonyl (C=O) groups excluding carboxylic acids is 1. The number of rotatable bonds is 3. The fraction of sp³-hybridized carbons (Fsp3) is 0.273. The van der Waals surface area contributed by atoms with Crippen molar-refractivity contribution in [2.45, 2.75) is 32.2 Å². The second-order valence-corrected chi connectivity index (χ2v) is 7.01. The van der Waals surface area contributed by atoms with Gasteiger partial charge in [0.25, 0.3) is 0 Å². The highest BCUT2D eigenvalue weighted by molar-refractivity contribution is 5.74. The highest BCUT2D eigenvalue weighted by Gasteiger charge is 2.37. The number of hydrogen-bond donors (Lipinski definition) is 1. The van der Waals surface area contributed by atoms with E-state index < -0.39 is 0 Å². The van der Waals surface area contributed by atoms with Crippen LogP contribution in [0.25, 0.3) is 0 Å². The molecule has 1 amide bonds. The molecule has 1 aliphatic heterocycles. The zero-order valence-electron chi connectivity index (χ0n) is 15.1. The Morgan fingerprint density at radius 3 is 2.50 bits per heavy atom. The molecule has 4 rings (SSSR count). The van der Waals surface area contributed by atoms with Gasteiger partial charge in [-0.3, -0.25) is 9.89 Å².